The molecule has 0 radical (unpaired) electrons. The quantitative estimate of drug-likeness (QED) is 0.672. The summed E-state index contributed by atoms with van der Waals surface area (Å²) in [5.74, 6) is 0.358. The summed E-state index contributed by atoms with van der Waals surface area (Å²) < 4.78 is 5.00. The fourth-order valence-corrected chi connectivity index (χ4v) is 0.787. The number of ether oxygens (including phenoxy) is 1. The molecule has 0 aromatic heterocycles. The molecule has 66 valence electrons. The van der Waals surface area contributed by atoms with E-state index in [9.17, 15) is 5.11 Å². The summed E-state index contributed by atoms with van der Waals surface area (Å²) in [6.07, 6.45) is -0.354. The zero-order chi connectivity index (χ0) is 8.97. The fourth-order valence-electron chi connectivity index (χ4n) is 0.787. The van der Waals surface area contributed by atoms with Gasteiger partial charge >= 0.3 is 0 Å². The molecule has 0 saturated heterocycles. The summed E-state index contributed by atoms with van der Waals surface area (Å²) in [5, 5.41) is 18.3. The van der Waals surface area contributed by atoms with Crippen LogP contribution in [0.2, 0.25) is 0 Å². The van der Waals surface area contributed by atoms with E-state index < -0.39 is 6.29 Å². The number of hydrogen-bond acceptors (Lipinski definition) is 3. The van der Waals surface area contributed by atoms with Gasteiger partial charge in [0, 0.05) is 6.42 Å². The summed E-state index contributed by atoms with van der Waals surface area (Å²) in [5.41, 5.74) is 0. The van der Waals surface area contributed by atoms with Crippen molar-refractivity contribution in [3.63, 3.8) is 0 Å². The second-order valence-electron chi connectivity index (χ2n) is 2.45. The molecule has 0 fully saturated rings. The molecule has 0 aliphatic carbocycles. The minimum Gasteiger partial charge on any atom is -0.504 e. The largest absolute Gasteiger partial charge is 0.504 e. The Balaban J connectivity index is 2.69. The first-order valence-corrected chi connectivity index (χ1v) is 3.86. The lowest BCUT2D eigenvalue weighted by atomic mass is 10.3. The maximum Gasteiger partial charge on any atom is 0.197 e. The molecule has 3 nitrogen and oxygen atoms in total. The molecule has 1 aromatic rings. The van der Waals surface area contributed by atoms with Crippen LogP contribution in [0.1, 0.15) is 13.3 Å². The number of aromatic hydroxyl groups is 1. The summed E-state index contributed by atoms with van der Waals surface area (Å²) in [6.45, 7) is 1.80. The van der Waals surface area contributed by atoms with E-state index in [1.807, 2.05) is 0 Å². The van der Waals surface area contributed by atoms with Crippen LogP contribution in [0.5, 0.6) is 11.5 Å². The third-order valence-electron chi connectivity index (χ3n) is 1.48. The molecule has 0 saturated carbocycles. The van der Waals surface area contributed by atoms with Gasteiger partial charge in [0.2, 0.25) is 0 Å². The number of phenols is 1. The topological polar surface area (TPSA) is 49.7 Å². The van der Waals surface area contributed by atoms with Gasteiger partial charge in [0.1, 0.15) is 0 Å². The molecule has 0 aliphatic heterocycles. The van der Waals surface area contributed by atoms with Gasteiger partial charge in [-0.2, -0.15) is 0 Å². The van der Waals surface area contributed by atoms with Crippen LogP contribution in [0.25, 0.3) is 0 Å². The van der Waals surface area contributed by atoms with Crippen LogP contribution < -0.4 is 4.74 Å². The highest BCUT2D eigenvalue weighted by molar-refractivity contribution is 5.37. The van der Waals surface area contributed by atoms with Crippen LogP contribution in [-0.4, -0.2) is 16.5 Å². The average Bonchev–Trinajstić information content (AvgIpc) is 2.09. The molecule has 12 heavy (non-hydrogen) atoms. The Morgan fingerprint density at radius 1 is 1.42 bits per heavy atom. The Morgan fingerprint density at radius 2 is 2.08 bits per heavy atom. The van der Waals surface area contributed by atoms with Gasteiger partial charge in [-0.25, -0.2) is 0 Å². The molecular formula is C9H12O3. The van der Waals surface area contributed by atoms with Crippen molar-refractivity contribution in [1.29, 1.82) is 0 Å². The van der Waals surface area contributed by atoms with E-state index >= 15 is 0 Å². The van der Waals surface area contributed by atoms with Gasteiger partial charge in [0.15, 0.2) is 17.8 Å². The molecule has 0 heterocycles. The molecule has 1 unspecified atom stereocenters. The van der Waals surface area contributed by atoms with Gasteiger partial charge < -0.3 is 14.9 Å². The lowest BCUT2D eigenvalue weighted by molar-refractivity contribution is -0.0207. The van der Waals surface area contributed by atoms with Crippen LogP contribution in [0.4, 0.5) is 0 Å². The van der Waals surface area contributed by atoms with E-state index in [1.165, 1.54) is 6.07 Å². The van der Waals surface area contributed by atoms with Gasteiger partial charge in [-0.15, -0.1) is 0 Å². The van der Waals surface area contributed by atoms with Crippen LogP contribution in [0.3, 0.4) is 0 Å². The Labute approximate surface area is 71.2 Å². The summed E-state index contributed by atoms with van der Waals surface area (Å²) in [6, 6.07) is 6.55. The van der Waals surface area contributed by atoms with E-state index in [0.29, 0.717) is 12.2 Å². The number of hydrogen-bond donors (Lipinski definition) is 2. The highest BCUT2D eigenvalue weighted by atomic mass is 16.6. The molecule has 2 N–H and O–H groups in total. The minimum atomic E-state index is -0.849. The van der Waals surface area contributed by atoms with E-state index in [4.69, 9.17) is 9.84 Å². The van der Waals surface area contributed by atoms with Gasteiger partial charge in [-0.1, -0.05) is 19.1 Å². The summed E-state index contributed by atoms with van der Waals surface area (Å²) in [7, 11) is 0. The number of rotatable bonds is 3. The molecule has 0 spiro atoms. The molecule has 0 bridgehead atoms. The number of benzene rings is 1. The Morgan fingerprint density at radius 3 is 2.67 bits per heavy atom. The van der Waals surface area contributed by atoms with Gasteiger partial charge in [0.25, 0.3) is 0 Å². The zero-order valence-electron chi connectivity index (χ0n) is 6.90. The van der Waals surface area contributed by atoms with Gasteiger partial charge in [0.05, 0.1) is 0 Å². The Bertz CT molecular complexity index is 247. The third kappa shape index (κ3) is 2.13. The second kappa shape index (κ2) is 3.97. The number of aliphatic hydroxyl groups excluding tert-OH is 1. The molecule has 0 aliphatic rings. The zero-order valence-corrected chi connectivity index (χ0v) is 6.90. The van der Waals surface area contributed by atoms with E-state index in [1.54, 1.807) is 25.1 Å². The monoisotopic (exact) mass is 168 g/mol. The van der Waals surface area contributed by atoms with Crippen molar-refractivity contribution in [2.45, 2.75) is 19.6 Å². The maximum atomic E-state index is 9.22. The van der Waals surface area contributed by atoms with Crippen LogP contribution in [0, 0.1) is 0 Å². The van der Waals surface area contributed by atoms with Crippen molar-refractivity contribution >= 4 is 0 Å². The van der Waals surface area contributed by atoms with Crippen molar-refractivity contribution in [3.8, 4) is 11.5 Å². The number of aliphatic hydroxyl groups is 1. The van der Waals surface area contributed by atoms with Crippen LogP contribution in [-0.2, 0) is 0 Å². The normalized spacial score (nSPS) is 12.5. The van der Waals surface area contributed by atoms with Gasteiger partial charge in [-0.05, 0) is 12.1 Å². The molecule has 1 aromatic carbocycles. The van der Waals surface area contributed by atoms with Crippen molar-refractivity contribution in [3.05, 3.63) is 24.3 Å². The van der Waals surface area contributed by atoms with Gasteiger partial charge in [-0.3, -0.25) is 0 Å². The average molecular weight is 168 g/mol. The first kappa shape index (κ1) is 8.87. The fraction of sp³-hybridized carbons (Fsp3) is 0.333. The minimum absolute atomic E-state index is 0.0463. The molecule has 1 atom stereocenters. The van der Waals surface area contributed by atoms with Crippen molar-refractivity contribution in [2.75, 3.05) is 0 Å². The Hall–Kier alpha value is -1.22. The van der Waals surface area contributed by atoms with E-state index in [0.717, 1.165) is 0 Å². The standard InChI is InChI=1S/C9H12O3/c1-2-9(11)12-8-6-4-3-5-7(8)10/h3-6,9-11H,2H2,1H3. The second-order valence-corrected chi connectivity index (χ2v) is 2.45. The van der Waals surface area contributed by atoms with Crippen LogP contribution in [0.15, 0.2) is 24.3 Å². The highest BCUT2D eigenvalue weighted by Gasteiger charge is 2.05. The summed E-state index contributed by atoms with van der Waals surface area (Å²) in [4.78, 5) is 0. The maximum absolute atomic E-state index is 9.22. The lowest BCUT2D eigenvalue weighted by Gasteiger charge is -2.11. The third-order valence-corrected chi connectivity index (χ3v) is 1.48. The first-order valence-electron chi connectivity index (χ1n) is 3.86. The SMILES string of the molecule is CCC(O)Oc1ccccc1O. The smallest absolute Gasteiger partial charge is 0.197 e. The first-order chi connectivity index (χ1) is 5.74. The van der Waals surface area contributed by atoms with E-state index in [2.05, 4.69) is 0 Å². The highest BCUT2D eigenvalue weighted by Crippen LogP contribution is 2.25. The molecule has 0 amide bonds. The van der Waals surface area contributed by atoms with Crippen LogP contribution >= 0.6 is 0 Å². The predicted octanol–water partition coefficient (Wildman–Crippen LogP) is 1.50. The number of para-hydroxylation sites is 2. The lowest BCUT2D eigenvalue weighted by Crippen LogP contribution is -2.13. The molecular weight excluding hydrogens is 156 g/mol. The Kier molecular flexibility index (Phi) is 2.94. The number of phenolic OH excluding ortho intramolecular Hbond substituents is 1. The predicted molar refractivity (Wildman–Crippen MR) is 45.0 cm³/mol. The van der Waals surface area contributed by atoms with Crippen molar-refractivity contribution < 1.29 is 14.9 Å². The summed E-state index contributed by atoms with van der Waals surface area (Å²) >= 11 is 0. The molecule has 1 rings (SSSR count). The van der Waals surface area contributed by atoms with Crippen molar-refractivity contribution in [1.82, 2.24) is 0 Å². The molecule has 3 heteroatoms. The van der Waals surface area contributed by atoms with Crippen molar-refractivity contribution in [2.24, 2.45) is 0 Å². The van der Waals surface area contributed by atoms with E-state index in [-0.39, 0.29) is 5.75 Å².